The van der Waals surface area contributed by atoms with Gasteiger partial charge in [-0.05, 0) is 56.8 Å². The van der Waals surface area contributed by atoms with Gasteiger partial charge in [-0.1, -0.05) is 18.2 Å². The van der Waals surface area contributed by atoms with Gasteiger partial charge in [-0.25, -0.2) is 0 Å². The molecule has 2 aliphatic rings. The van der Waals surface area contributed by atoms with E-state index in [9.17, 15) is 5.02 Å². The Morgan fingerprint density at radius 3 is 2.45 bits per heavy atom. The Kier molecular flexibility index (Phi) is 5.38. The van der Waals surface area contributed by atoms with E-state index in [0.29, 0.717) is 12.1 Å². The molecule has 2 N–H and O–H groups in total. The predicted molar refractivity (Wildman–Crippen MR) is 129 cm³/mol. The van der Waals surface area contributed by atoms with E-state index in [4.69, 9.17) is 23.4 Å². The summed E-state index contributed by atoms with van der Waals surface area (Å²) in [5.74, 6) is 0.750. The smallest absolute Gasteiger partial charge is 0.483 e. The van der Waals surface area contributed by atoms with Crippen LogP contribution in [-0.4, -0.2) is 56.3 Å². The molecular formula is C24H29B2NO6. The molecule has 1 saturated heterocycles. The normalized spacial score (nSPS) is 20.5. The van der Waals surface area contributed by atoms with Gasteiger partial charge >= 0.3 is 14.2 Å². The van der Waals surface area contributed by atoms with E-state index in [2.05, 4.69) is 4.98 Å². The highest BCUT2D eigenvalue weighted by Gasteiger charge is 2.52. The Labute approximate surface area is 194 Å². The van der Waals surface area contributed by atoms with Gasteiger partial charge < -0.3 is 33.4 Å². The Morgan fingerprint density at radius 2 is 1.79 bits per heavy atom. The molecule has 1 unspecified atom stereocenters. The molecule has 9 heteroatoms. The Morgan fingerprint density at radius 1 is 1.06 bits per heavy atom. The van der Waals surface area contributed by atoms with Crippen LogP contribution in [0.15, 0.2) is 36.4 Å². The molecule has 0 bridgehead atoms. The molecule has 1 fully saturated rings. The molecule has 33 heavy (non-hydrogen) atoms. The Bertz CT molecular complexity index is 1190. The number of hydrogen-bond acceptors (Lipinski definition) is 6. The summed E-state index contributed by atoms with van der Waals surface area (Å²) in [6, 6.07) is 11.8. The number of rotatable bonds is 5. The van der Waals surface area contributed by atoms with Gasteiger partial charge in [-0.2, -0.15) is 0 Å². The molecule has 5 rings (SSSR count). The van der Waals surface area contributed by atoms with Crippen molar-refractivity contribution in [2.75, 3.05) is 20.8 Å². The monoisotopic (exact) mass is 449 g/mol. The summed E-state index contributed by atoms with van der Waals surface area (Å²) in [5.41, 5.74) is 4.68. The average molecular weight is 449 g/mol. The molecule has 0 saturated carbocycles. The van der Waals surface area contributed by atoms with Crippen molar-refractivity contribution >= 4 is 36.1 Å². The predicted octanol–water partition coefficient (Wildman–Crippen LogP) is 2.55. The highest BCUT2D eigenvalue weighted by Crippen LogP contribution is 2.45. The Hall–Kier alpha value is -2.29. The van der Waals surface area contributed by atoms with Gasteiger partial charge in [0, 0.05) is 36.2 Å². The average Bonchev–Trinajstić information content (AvgIpc) is 3.26. The van der Waals surface area contributed by atoms with Crippen LogP contribution in [0.3, 0.4) is 0 Å². The highest BCUT2D eigenvalue weighted by molar-refractivity contribution is 6.62. The molecule has 3 aromatic rings. The van der Waals surface area contributed by atoms with Crippen LogP contribution < -0.4 is 15.7 Å². The maximum Gasteiger partial charge on any atom is 0.494 e. The molecule has 1 aromatic heterocycles. The zero-order valence-electron chi connectivity index (χ0n) is 19.9. The highest BCUT2D eigenvalue weighted by atomic mass is 16.7. The van der Waals surface area contributed by atoms with Crippen molar-refractivity contribution in [2.45, 2.75) is 45.0 Å². The lowest BCUT2D eigenvalue weighted by atomic mass is 9.77. The minimum Gasteiger partial charge on any atom is -0.483 e. The summed E-state index contributed by atoms with van der Waals surface area (Å²) in [6.45, 7) is 8.56. The minimum absolute atomic E-state index is 0.310. The largest absolute Gasteiger partial charge is 0.494 e. The maximum absolute atomic E-state index is 10.2. The first-order valence-corrected chi connectivity index (χ1v) is 11.2. The van der Waals surface area contributed by atoms with Gasteiger partial charge in [-0.15, -0.1) is 0 Å². The van der Waals surface area contributed by atoms with Gasteiger partial charge in [-0.3, -0.25) is 0 Å². The SMILES string of the molecule is COCC1Oc2cc(B3OC(C)(C)C(C)(C)O3)ccc2-c2[nH]c3ccc(B(O)OC)cc3c21. The fourth-order valence-corrected chi connectivity index (χ4v) is 4.52. The number of aromatic amines is 1. The van der Waals surface area contributed by atoms with Gasteiger partial charge in [0.15, 0.2) is 0 Å². The van der Waals surface area contributed by atoms with Crippen LogP contribution >= 0.6 is 0 Å². The van der Waals surface area contributed by atoms with E-state index >= 15 is 0 Å². The van der Waals surface area contributed by atoms with Crippen molar-refractivity contribution in [2.24, 2.45) is 0 Å². The number of aromatic nitrogens is 1. The summed E-state index contributed by atoms with van der Waals surface area (Å²) in [4.78, 5) is 3.54. The minimum atomic E-state index is -0.986. The van der Waals surface area contributed by atoms with Gasteiger partial charge in [0.25, 0.3) is 0 Å². The lowest BCUT2D eigenvalue weighted by molar-refractivity contribution is 0.00578. The number of ether oxygens (including phenoxy) is 2. The van der Waals surface area contributed by atoms with E-state index in [1.165, 1.54) is 7.11 Å². The number of nitrogens with one attached hydrogen (secondary N) is 1. The van der Waals surface area contributed by atoms with Crippen LogP contribution in [0.25, 0.3) is 22.2 Å². The molecular weight excluding hydrogens is 420 g/mol. The zero-order valence-corrected chi connectivity index (χ0v) is 19.9. The van der Waals surface area contributed by atoms with Crippen LogP contribution in [0, 0.1) is 0 Å². The lowest BCUT2D eigenvalue weighted by Gasteiger charge is -2.32. The molecule has 2 aromatic carbocycles. The fourth-order valence-electron chi connectivity index (χ4n) is 4.52. The van der Waals surface area contributed by atoms with Crippen LogP contribution in [0.4, 0.5) is 0 Å². The number of benzene rings is 2. The van der Waals surface area contributed by atoms with Gasteiger partial charge in [0.2, 0.25) is 0 Å². The summed E-state index contributed by atoms with van der Waals surface area (Å²) in [7, 11) is 1.69. The quantitative estimate of drug-likeness (QED) is 0.583. The van der Waals surface area contributed by atoms with Crippen molar-refractivity contribution in [1.29, 1.82) is 0 Å². The van der Waals surface area contributed by atoms with Crippen molar-refractivity contribution in [3.8, 4) is 17.0 Å². The number of H-pyrrole nitrogens is 1. The molecule has 0 spiro atoms. The lowest BCUT2D eigenvalue weighted by Crippen LogP contribution is -2.41. The van der Waals surface area contributed by atoms with Crippen LogP contribution in [0.1, 0.15) is 39.4 Å². The second-order valence-corrected chi connectivity index (χ2v) is 9.71. The molecule has 0 aliphatic carbocycles. The van der Waals surface area contributed by atoms with Crippen molar-refractivity contribution in [1.82, 2.24) is 4.98 Å². The van der Waals surface area contributed by atoms with Crippen LogP contribution in [0.5, 0.6) is 5.75 Å². The third kappa shape index (κ3) is 3.59. The topological polar surface area (TPSA) is 82.2 Å². The van der Waals surface area contributed by atoms with E-state index in [1.807, 2.05) is 64.1 Å². The molecule has 7 nitrogen and oxygen atoms in total. The molecule has 3 heterocycles. The van der Waals surface area contributed by atoms with Crippen molar-refractivity contribution in [3.05, 3.63) is 42.0 Å². The van der Waals surface area contributed by atoms with Gasteiger partial charge in [0.1, 0.15) is 11.9 Å². The number of methoxy groups -OCH3 is 1. The Balaban J connectivity index is 1.59. The number of fused-ring (bicyclic) bond motifs is 5. The standard InChI is InChI=1S/C24H29B2NO6/c1-23(2)24(3,4)33-26(32-23)15-7-9-16-19(12-15)31-20(13-29-5)21-17-11-14(25(28)30-6)8-10-18(17)27-22(16)21/h7-12,20,27-28H,13H2,1-6H3. The van der Waals surface area contributed by atoms with E-state index in [-0.39, 0.29) is 6.10 Å². The number of hydrogen-bond donors (Lipinski definition) is 2. The first-order valence-electron chi connectivity index (χ1n) is 11.2. The van der Waals surface area contributed by atoms with Crippen LogP contribution in [-0.2, 0) is 18.7 Å². The maximum atomic E-state index is 10.2. The summed E-state index contributed by atoms with van der Waals surface area (Å²) in [5, 5.41) is 11.1. The summed E-state index contributed by atoms with van der Waals surface area (Å²) in [6.07, 6.45) is -0.310. The third-order valence-electron chi connectivity index (χ3n) is 7.08. The van der Waals surface area contributed by atoms with Crippen molar-refractivity contribution in [3.63, 3.8) is 0 Å². The summed E-state index contributed by atoms with van der Waals surface area (Å²) >= 11 is 0. The van der Waals surface area contributed by atoms with Crippen molar-refractivity contribution < 1.29 is 28.5 Å². The second kappa shape index (κ2) is 7.89. The van der Waals surface area contributed by atoms with E-state index < -0.39 is 25.4 Å². The van der Waals surface area contributed by atoms with E-state index in [0.717, 1.165) is 38.9 Å². The van der Waals surface area contributed by atoms with E-state index in [1.54, 1.807) is 7.11 Å². The molecule has 172 valence electrons. The first kappa shape index (κ1) is 22.5. The molecule has 0 radical (unpaired) electrons. The zero-order chi connectivity index (χ0) is 23.5. The van der Waals surface area contributed by atoms with Crippen LogP contribution in [0.2, 0.25) is 0 Å². The molecule has 0 amide bonds. The van der Waals surface area contributed by atoms with Gasteiger partial charge in [0.05, 0.1) is 23.5 Å². The first-order chi connectivity index (χ1) is 15.6. The summed E-state index contributed by atoms with van der Waals surface area (Å²) < 4.78 is 29.5. The molecule has 2 aliphatic heterocycles. The second-order valence-electron chi connectivity index (χ2n) is 9.71. The molecule has 1 atom stereocenters. The fraction of sp³-hybridized carbons (Fsp3) is 0.417. The third-order valence-corrected chi connectivity index (χ3v) is 7.08.